The number of rotatable bonds is 6. The first kappa shape index (κ1) is 26.7. The summed E-state index contributed by atoms with van der Waals surface area (Å²) in [4.78, 5) is 19.3. The standard InChI is InChI=1S/C26H27Cl2F4N3O2/c1-33(9-15-2-4-20(23(29)6-15)26(30,31)32)24-12-35(11-19(24)16-3-5-21(27)22(28)7-16)25(36)13-34-10-18-8-17(34)14-37-18/h2-7,17-19,24H,8-14H2,1H3/t17-,18+,19-,24+/m1/s1. The maximum Gasteiger partial charge on any atom is 0.419 e. The highest BCUT2D eigenvalue weighted by molar-refractivity contribution is 6.42. The van der Waals surface area contributed by atoms with E-state index < -0.39 is 17.6 Å². The summed E-state index contributed by atoms with van der Waals surface area (Å²) in [6, 6.07) is 8.48. The zero-order valence-electron chi connectivity index (χ0n) is 20.1. The average molecular weight is 560 g/mol. The van der Waals surface area contributed by atoms with Crippen LogP contribution in [0.25, 0.3) is 0 Å². The number of likely N-dealkylation sites (N-methyl/N-ethyl adjacent to an activating group) is 1. The fourth-order valence-electron chi connectivity index (χ4n) is 5.75. The van der Waals surface area contributed by atoms with Crippen LogP contribution in [0.2, 0.25) is 10.0 Å². The minimum Gasteiger partial charge on any atom is -0.375 e. The number of fused-ring (bicyclic) bond motifs is 2. The molecule has 0 radical (unpaired) electrons. The Morgan fingerprint density at radius 3 is 2.51 bits per heavy atom. The van der Waals surface area contributed by atoms with Gasteiger partial charge in [0, 0.05) is 44.2 Å². The number of alkyl halides is 3. The Morgan fingerprint density at radius 2 is 1.89 bits per heavy atom. The third-order valence-electron chi connectivity index (χ3n) is 7.70. The smallest absolute Gasteiger partial charge is 0.375 e. The van der Waals surface area contributed by atoms with E-state index in [-0.39, 0.29) is 36.6 Å². The van der Waals surface area contributed by atoms with Crippen molar-refractivity contribution < 1.29 is 27.1 Å². The second kappa shape index (κ2) is 10.3. The quantitative estimate of drug-likeness (QED) is 0.464. The Labute approximate surface area is 222 Å². The second-order valence-electron chi connectivity index (χ2n) is 10.1. The Balaban J connectivity index is 1.34. The highest BCUT2D eigenvalue weighted by Crippen LogP contribution is 2.36. The van der Waals surface area contributed by atoms with Gasteiger partial charge in [0.15, 0.2) is 0 Å². The van der Waals surface area contributed by atoms with Gasteiger partial charge in [0.05, 0.1) is 34.9 Å². The summed E-state index contributed by atoms with van der Waals surface area (Å²) in [7, 11) is 1.83. The number of morpholine rings is 1. The molecule has 2 bridgehead atoms. The van der Waals surface area contributed by atoms with Gasteiger partial charge in [-0.1, -0.05) is 35.3 Å². The molecule has 3 aliphatic rings. The van der Waals surface area contributed by atoms with Crippen molar-refractivity contribution in [1.82, 2.24) is 14.7 Å². The van der Waals surface area contributed by atoms with Crippen LogP contribution in [0.3, 0.4) is 0 Å². The van der Waals surface area contributed by atoms with Gasteiger partial charge < -0.3 is 9.64 Å². The monoisotopic (exact) mass is 559 g/mol. The normalized spacial score (nSPS) is 26.0. The molecule has 1 amide bonds. The Morgan fingerprint density at radius 1 is 1.11 bits per heavy atom. The molecule has 0 saturated carbocycles. The molecule has 0 spiro atoms. The maximum atomic E-state index is 14.2. The molecule has 2 aromatic rings. The third kappa shape index (κ3) is 5.61. The van der Waals surface area contributed by atoms with Crippen LogP contribution in [0.5, 0.6) is 0 Å². The summed E-state index contributed by atoms with van der Waals surface area (Å²) in [5.41, 5.74) is 0.0405. The zero-order chi connectivity index (χ0) is 26.5. The van der Waals surface area contributed by atoms with Crippen molar-refractivity contribution in [2.24, 2.45) is 0 Å². The minimum absolute atomic E-state index is 0.0223. The van der Waals surface area contributed by atoms with Gasteiger partial charge >= 0.3 is 6.18 Å². The third-order valence-corrected chi connectivity index (χ3v) is 8.44. The van der Waals surface area contributed by atoms with E-state index in [0.717, 1.165) is 30.7 Å². The molecule has 3 heterocycles. The number of nitrogens with zero attached hydrogens (tertiary/aromatic N) is 3. The fourth-order valence-corrected chi connectivity index (χ4v) is 6.05. The fraction of sp³-hybridized carbons (Fsp3) is 0.500. The largest absolute Gasteiger partial charge is 0.419 e. The number of likely N-dealkylation sites (tertiary alicyclic amines) is 2. The molecule has 5 rings (SSSR count). The van der Waals surface area contributed by atoms with Crippen molar-refractivity contribution in [2.45, 2.75) is 43.2 Å². The highest BCUT2D eigenvalue weighted by Gasteiger charge is 2.43. The van der Waals surface area contributed by atoms with Crippen molar-refractivity contribution in [1.29, 1.82) is 0 Å². The molecule has 3 saturated heterocycles. The first-order chi connectivity index (χ1) is 17.5. The lowest BCUT2D eigenvalue weighted by atomic mass is 9.93. The topological polar surface area (TPSA) is 36.0 Å². The van der Waals surface area contributed by atoms with Crippen LogP contribution in [0, 0.1) is 5.82 Å². The van der Waals surface area contributed by atoms with Gasteiger partial charge in [-0.15, -0.1) is 0 Å². The molecule has 4 atom stereocenters. The number of benzene rings is 2. The van der Waals surface area contributed by atoms with Crippen molar-refractivity contribution in [3.63, 3.8) is 0 Å². The van der Waals surface area contributed by atoms with Crippen LogP contribution < -0.4 is 0 Å². The Bertz CT molecular complexity index is 1180. The van der Waals surface area contributed by atoms with Gasteiger partial charge in [0.25, 0.3) is 0 Å². The van der Waals surface area contributed by atoms with Gasteiger partial charge in [-0.3, -0.25) is 14.6 Å². The second-order valence-corrected chi connectivity index (χ2v) is 11.0. The van der Waals surface area contributed by atoms with Crippen molar-refractivity contribution in [3.05, 3.63) is 69.0 Å². The van der Waals surface area contributed by atoms with Crippen LogP contribution in [0.1, 0.15) is 29.0 Å². The molecule has 0 unspecified atom stereocenters. The predicted octanol–water partition coefficient (Wildman–Crippen LogP) is 5.05. The van der Waals surface area contributed by atoms with Crippen molar-refractivity contribution in [3.8, 4) is 0 Å². The average Bonchev–Trinajstić information content (AvgIpc) is 3.56. The molecular weight excluding hydrogens is 533 g/mol. The number of carbonyl (C=O) groups is 1. The molecule has 0 aliphatic carbocycles. The summed E-state index contributed by atoms with van der Waals surface area (Å²) in [5.74, 6) is -1.39. The number of ether oxygens (including phenoxy) is 1. The SMILES string of the molecule is CN(Cc1ccc(C(F)(F)F)c(F)c1)[C@H]1CN(C(=O)CN2C[C@@H]3C[C@@H]2CO3)C[C@@H]1c1ccc(Cl)c(Cl)c1. The Hall–Kier alpha value is -1.91. The van der Waals surface area contributed by atoms with Crippen molar-refractivity contribution in [2.75, 3.05) is 39.8 Å². The highest BCUT2D eigenvalue weighted by atomic mass is 35.5. The van der Waals surface area contributed by atoms with E-state index in [2.05, 4.69) is 4.90 Å². The zero-order valence-corrected chi connectivity index (χ0v) is 21.7. The molecule has 37 heavy (non-hydrogen) atoms. The van der Waals surface area contributed by atoms with E-state index in [0.29, 0.717) is 41.8 Å². The molecular formula is C26H27Cl2F4N3O2. The first-order valence-electron chi connectivity index (χ1n) is 12.1. The lowest BCUT2D eigenvalue weighted by Gasteiger charge is -2.30. The summed E-state index contributed by atoms with van der Waals surface area (Å²) < 4.78 is 58.8. The molecule has 0 N–H and O–H groups in total. The maximum absolute atomic E-state index is 14.2. The van der Waals surface area contributed by atoms with Crippen LogP contribution in [0.4, 0.5) is 17.6 Å². The van der Waals surface area contributed by atoms with E-state index in [1.165, 1.54) is 6.07 Å². The van der Waals surface area contributed by atoms with E-state index in [1.54, 1.807) is 12.1 Å². The number of hydrogen-bond donors (Lipinski definition) is 0. The van der Waals surface area contributed by atoms with Gasteiger partial charge in [-0.05, 0) is 48.9 Å². The molecule has 3 fully saturated rings. The van der Waals surface area contributed by atoms with Gasteiger partial charge in [-0.2, -0.15) is 13.2 Å². The van der Waals surface area contributed by atoms with Gasteiger partial charge in [0.2, 0.25) is 5.91 Å². The lowest BCUT2D eigenvalue weighted by molar-refractivity contribution is -0.140. The van der Waals surface area contributed by atoms with Crippen LogP contribution in [0.15, 0.2) is 36.4 Å². The summed E-state index contributed by atoms with van der Waals surface area (Å²) >= 11 is 12.4. The molecule has 11 heteroatoms. The predicted molar refractivity (Wildman–Crippen MR) is 132 cm³/mol. The molecule has 0 aromatic heterocycles. The summed E-state index contributed by atoms with van der Waals surface area (Å²) in [6.45, 7) is 2.83. The Kier molecular flexibility index (Phi) is 7.46. The molecule has 200 valence electrons. The minimum atomic E-state index is -4.75. The molecule has 5 nitrogen and oxygen atoms in total. The van der Waals surface area contributed by atoms with E-state index in [1.807, 2.05) is 22.9 Å². The van der Waals surface area contributed by atoms with E-state index in [4.69, 9.17) is 27.9 Å². The number of amides is 1. The summed E-state index contributed by atoms with van der Waals surface area (Å²) in [5, 5.41) is 0.830. The van der Waals surface area contributed by atoms with Gasteiger partial charge in [0.1, 0.15) is 5.82 Å². The number of hydrogen-bond acceptors (Lipinski definition) is 4. The van der Waals surface area contributed by atoms with E-state index in [9.17, 15) is 22.4 Å². The van der Waals surface area contributed by atoms with E-state index >= 15 is 0 Å². The van der Waals surface area contributed by atoms with Crippen molar-refractivity contribution >= 4 is 29.1 Å². The lowest BCUT2D eigenvalue weighted by Crippen LogP contribution is -2.45. The summed E-state index contributed by atoms with van der Waals surface area (Å²) in [6.07, 6.45) is -3.60. The van der Waals surface area contributed by atoms with Gasteiger partial charge in [-0.25, -0.2) is 4.39 Å². The first-order valence-corrected chi connectivity index (χ1v) is 12.9. The number of halogens is 6. The molecule has 3 aliphatic heterocycles. The molecule has 2 aromatic carbocycles. The van der Waals surface area contributed by atoms with Crippen LogP contribution in [-0.4, -0.2) is 78.6 Å². The number of carbonyl (C=O) groups excluding carboxylic acids is 1. The van der Waals surface area contributed by atoms with Crippen LogP contribution in [-0.2, 0) is 22.3 Å². The van der Waals surface area contributed by atoms with Crippen LogP contribution >= 0.6 is 23.2 Å².